The van der Waals surface area contributed by atoms with Crippen molar-refractivity contribution in [3.05, 3.63) is 24.3 Å². The maximum absolute atomic E-state index is 5.57. The number of hydrogen-bond donors (Lipinski definition) is 2. The number of hydrogen-bond acceptors (Lipinski definition) is 3. The Kier molecular flexibility index (Phi) is 4.26. The lowest BCUT2D eigenvalue weighted by atomic mass is 10.3. The summed E-state index contributed by atoms with van der Waals surface area (Å²) in [5.74, 6) is 0. The molecule has 3 N–H and O–H groups in total. The van der Waals surface area contributed by atoms with Crippen LogP contribution in [0.2, 0.25) is 0 Å². The van der Waals surface area contributed by atoms with Crippen LogP contribution in [0, 0.1) is 0 Å². The predicted octanol–water partition coefficient (Wildman–Crippen LogP) is 2.11. The van der Waals surface area contributed by atoms with Gasteiger partial charge in [0, 0.05) is 17.9 Å². The molecule has 14 heavy (non-hydrogen) atoms. The maximum atomic E-state index is 5.57. The molecule has 0 unspecified atom stereocenters. The molecule has 0 aliphatic rings. The fourth-order valence-electron chi connectivity index (χ4n) is 1.09. The van der Waals surface area contributed by atoms with Gasteiger partial charge in [-0.05, 0) is 38.1 Å². The van der Waals surface area contributed by atoms with E-state index >= 15 is 0 Å². The molecule has 1 aromatic rings. The van der Waals surface area contributed by atoms with Gasteiger partial charge in [-0.25, -0.2) is 0 Å². The Morgan fingerprint density at radius 1 is 1.29 bits per heavy atom. The van der Waals surface area contributed by atoms with Crippen LogP contribution < -0.4 is 11.1 Å². The number of rotatable bonds is 5. The first kappa shape index (κ1) is 10.9. The van der Waals surface area contributed by atoms with Crippen LogP contribution in [0.25, 0.3) is 0 Å². The highest BCUT2D eigenvalue weighted by Gasteiger charge is 1.93. The summed E-state index contributed by atoms with van der Waals surface area (Å²) in [6, 6.07) is 7.69. The number of anilines is 2. The van der Waals surface area contributed by atoms with Crippen LogP contribution in [0.4, 0.5) is 11.4 Å². The first-order chi connectivity index (χ1) is 6.68. The first-order valence-corrected chi connectivity index (χ1v) is 4.89. The Labute approximate surface area is 85.3 Å². The molecule has 3 heteroatoms. The Bertz CT molecular complexity index is 256. The Morgan fingerprint density at radius 2 is 1.93 bits per heavy atom. The maximum Gasteiger partial charge on any atom is 0.0642 e. The van der Waals surface area contributed by atoms with Crippen LogP contribution >= 0.6 is 0 Å². The molecule has 0 fully saturated rings. The van der Waals surface area contributed by atoms with E-state index in [0.717, 1.165) is 24.5 Å². The molecule has 0 bridgehead atoms. The van der Waals surface area contributed by atoms with E-state index in [1.165, 1.54) is 0 Å². The third-order valence-corrected chi connectivity index (χ3v) is 1.79. The lowest BCUT2D eigenvalue weighted by molar-refractivity contribution is 0.0870. The van der Waals surface area contributed by atoms with Crippen LogP contribution in [0.5, 0.6) is 0 Å². The monoisotopic (exact) mass is 194 g/mol. The van der Waals surface area contributed by atoms with Gasteiger partial charge >= 0.3 is 0 Å². The molecule has 0 aliphatic carbocycles. The molecular formula is C11H18N2O. The van der Waals surface area contributed by atoms with Gasteiger partial charge in [0.1, 0.15) is 0 Å². The second kappa shape index (κ2) is 5.50. The van der Waals surface area contributed by atoms with E-state index < -0.39 is 0 Å². The molecule has 0 amide bonds. The third kappa shape index (κ3) is 4.14. The van der Waals surface area contributed by atoms with E-state index in [9.17, 15) is 0 Å². The van der Waals surface area contributed by atoms with E-state index in [2.05, 4.69) is 5.32 Å². The second-order valence-electron chi connectivity index (χ2n) is 3.47. The topological polar surface area (TPSA) is 47.3 Å². The smallest absolute Gasteiger partial charge is 0.0642 e. The van der Waals surface area contributed by atoms with Crippen molar-refractivity contribution in [3.8, 4) is 0 Å². The lowest BCUT2D eigenvalue weighted by Gasteiger charge is -2.09. The van der Waals surface area contributed by atoms with Crippen molar-refractivity contribution in [2.75, 3.05) is 24.2 Å². The molecule has 0 heterocycles. The van der Waals surface area contributed by atoms with E-state index in [-0.39, 0.29) is 0 Å². The average Bonchev–Trinajstić information content (AvgIpc) is 2.15. The molecule has 1 aromatic carbocycles. The van der Waals surface area contributed by atoms with Gasteiger partial charge < -0.3 is 15.8 Å². The first-order valence-electron chi connectivity index (χ1n) is 4.89. The summed E-state index contributed by atoms with van der Waals surface area (Å²) in [5.41, 5.74) is 7.43. The molecule has 0 aromatic heterocycles. The molecular weight excluding hydrogens is 176 g/mol. The average molecular weight is 194 g/mol. The predicted molar refractivity (Wildman–Crippen MR) is 60.4 cm³/mol. The number of nitrogens with two attached hydrogens (primary N) is 1. The fourth-order valence-corrected chi connectivity index (χ4v) is 1.09. The van der Waals surface area contributed by atoms with Gasteiger partial charge in [0.25, 0.3) is 0 Å². The molecule has 3 nitrogen and oxygen atoms in total. The minimum atomic E-state index is 0.295. The molecule has 0 aliphatic heterocycles. The summed E-state index contributed by atoms with van der Waals surface area (Å²) in [6.45, 7) is 5.61. The van der Waals surface area contributed by atoms with Gasteiger partial charge in [-0.15, -0.1) is 0 Å². The highest BCUT2D eigenvalue weighted by atomic mass is 16.5. The summed E-state index contributed by atoms with van der Waals surface area (Å²) in [7, 11) is 0. The van der Waals surface area contributed by atoms with Crippen molar-refractivity contribution >= 4 is 11.4 Å². The normalized spacial score (nSPS) is 10.5. The summed E-state index contributed by atoms with van der Waals surface area (Å²) in [4.78, 5) is 0. The van der Waals surface area contributed by atoms with Crippen molar-refractivity contribution in [1.82, 2.24) is 0 Å². The zero-order valence-corrected chi connectivity index (χ0v) is 8.79. The molecule has 1 rings (SSSR count). The summed E-state index contributed by atoms with van der Waals surface area (Å²) < 4.78 is 5.40. The van der Waals surface area contributed by atoms with Gasteiger partial charge in [-0.2, -0.15) is 0 Å². The molecule has 0 atom stereocenters. The summed E-state index contributed by atoms with van der Waals surface area (Å²) in [6.07, 6.45) is 0.295. The molecule has 0 saturated carbocycles. The highest BCUT2D eigenvalue weighted by molar-refractivity contribution is 5.51. The van der Waals surface area contributed by atoms with Crippen LogP contribution in [-0.4, -0.2) is 19.3 Å². The van der Waals surface area contributed by atoms with E-state index in [1.807, 2.05) is 38.1 Å². The standard InChI is InChI=1S/C11H18N2O/c1-9(2)14-8-7-13-11-5-3-10(12)4-6-11/h3-6,9,13H,7-8,12H2,1-2H3. The highest BCUT2D eigenvalue weighted by Crippen LogP contribution is 2.09. The molecule has 0 saturated heterocycles. The molecule has 0 radical (unpaired) electrons. The van der Waals surface area contributed by atoms with E-state index in [4.69, 9.17) is 10.5 Å². The Balaban J connectivity index is 2.21. The zero-order chi connectivity index (χ0) is 10.4. The molecule has 78 valence electrons. The van der Waals surface area contributed by atoms with Gasteiger partial charge in [-0.1, -0.05) is 0 Å². The van der Waals surface area contributed by atoms with E-state index in [0.29, 0.717) is 6.10 Å². The minimum absolute atomic E-state index is 0.295. The largest absolute Gasteiger partial charge is 0.399 e. The van der Waals surface area contributed by atoms with Gasteiger partial charge in [0.2, 0.25) is 0 Å². The summed E-state index contributed by atoms with van der Waals surface area (Å²) >= 11 is 0. The SMILES string of the molecule is CC(C)OCCNc1ccc(N)cc1. The number of ether oxygens (including phenoxy) is 1. The number of nitrogen functional groups attached to an aromatic ring is 1. The van der Waals surface area contributed by atoms with Crippen LogP contribution in [0.3, 0.4) is 0 Å². The fraction of sp³-hybridized carbons (Fsp3) is 0.455. The van der Waals surface area contributed by atoms with Crippen molar-refractivity contribution in [2.24, 2.45) is 0 Å². The van der Waals surface area contributed by atoms with Crippen LogP contribution in [-0.2, 0) is 4.74 Å². The third-order valence-electron chi connectivity index (χ3n) is 1.79. The quantitative estimate of drug-likeness (QED) is 0.557. The van der Waals surface area contributed by atoms with Gasteiger partial charge in [0.05, 0.1) is 12.7 Å². The summed E-state index contributed by atoms with van der Waals surface area (Å²) in [5, 5.41) is 3.25. The van der Waals surface area contributed by atoms with Gasteiger partial charge in [-0.3, -0.25) is 0 Å². The van der Waals surface area contributed by atoms with Crippen molar-refractivity contribution in [2.45, 2.75) is 20.0 Å². The second-order valence-corrected chi connectivity index (χ2v) is 3.47. The van der Waals surface area contributed by atoms with Crippen LogP contribution in [0.1, 0.15) is 13.8 Å². The Morgan fingerprint density at radius 3 is 2.50 bits per heavy atom. The van der Waals surface area contributed by atoms with Crippen molar-refractivity contribution in [3.63, 3.8) is 0 Å². The number of benzene rings is 1. The van der Waals surface area contributed by atoms with Gasteiger partial charge in [0.15, 0.2) is 0 Å². The lowest BCUT2D eigenvalue weighted by Crippen LogP contribution is -2.13. The minimum Gasteiger partial charge on any atom is -0.399 e. The number of nitrogens with one attached hydrogen (secondary N) is 1. The molecule has 0 spiro atoms. The Hall–Kier alpha value is -1.22. The van der Waals surface area contributed by atoms with Crippen molar-refractivity contribution < 1.29 is 4.74 Å². The zero-order valence-electron chi connectivity index (χ0n) is 8.79. The van der Waals surface area contributed by atoms with E-state index in [1.54, 1.807) is 0 Å². The van der Waals surface area contributed by atoms with Crippen molar-refractivity contribution in [1.29, 1.82) is 0 Å². The van der Waals surface area contributed by atoms with Crippen LogP contribution in [0.15, 0.2) is 24.3 Å².